The molecule has 23 heavy (non-hydrogen) atoms. The van der Waals surface area contributed by atoms with Crippen LogP contribution in [0.25, 0.3) is 0 Å². The molecule has 0 aromatic carbocycles. The van der Waals surface area contributed by atoms with Gasteiger partial charge in [-0.3, -0.25) is 9.48 Å². The first-order chi connectivity index (χ1) is 11.2. The number of hydrogen-bond acceptors (Lipinski definition) is 4. The fourth-order valence-corrected chi connectivity index (χ4v) is 2.92. The van der Waals surface area contributed by atoms with Crippen molar-refractivity contribution >= 4 is 23.3 Å². The lowest BCUT2D eigenvalue weighted by atomic mass is 10.1. The molecule has 1 amide bonds. The van der Waals surface area contributed by atoms with Crippen LogP contribution >= 0.6 is 11.6 Å². The van der Waals surface area contributed by atoms with Gasteiger partial charge in [0.1, 0.15) is 5.82 Å². The molecule has 1 saturated heterocycles. The molecule has 0 bridgehead atoms. The molecule has 122 valence electrons. The molecular weight excluding hydrogens is 314 g/mol. The summed E-state index contributed by atoms with van der Waals surface area (Å²) < 4.78 is 1.83. The fraction of sp³-hybridized carbons (Fsp3) is 0.438. The summed E-state index contributed by atoms with van der Waals surface area (Å²) in [7, 11) is 0. The van der Waals surface area contributed by atoms with E-state index < -0.39 is 0 Å². The van der Waals surface area contributed by atoms with Gasteiger partial charge in [0.25, 0.3) is 5.91 Å². The number of nitrogens with one attached hydrogen (secondary N) is 1. The summed E-state index contributed by atoms with van der Waals surface area (Å²) in [6.45, 7) is 3.02. The van der Waals surface area contributed by atoms with Crippen LogP contribution in [0.2, 0.25) is 5.02 Å². The van der Waals surface area contributed by atoms with E-state index in [4.69, 9.17) is 11.6 Å². The molecular formula is C16H20ClN5O. The minimum absolute atomic E-state index is 0.0159. The number of aromatic nitrogens is 3. The third-order valence-corrected chi connectivity index (χ3v) is 4.21. The third kappa shape index (κ3) is 4.01. The largest absolute Gasteiger partial charge is 0.367 e. The fourth-order valence-electron chi connectivity index (χ4n) is 2.69. The number of rotatable bonds is 5. The normalized spacial score (nSPS) is 14.7. The van der Waals surface area contributed by atoms with Crippen LogP contribution < -0.4 is 5.32 Å². The van der Waals surface area contributed by atoms with Crippen LogP contribution in [0.4, 0.5) is 5.82 Å². The summed E-state index contributed by atoms with van der Waals surface area (Å²) in [6.07, 6.45) is 8.57. The molecule has 0 radical (unpaired) electrons. The quantitative estimate of drug-likeness (QED) is 0.913. The van der Waals surface area contributed by atoms with Crippen LogP contribution in [0.1, 0.15) is 29.6 Å². The van der Waals surface area contributed by atoms with Gasteiger partial charge in [-0.05, 0) is 31.4 Å². The summed E-state index contributed by atoms with van der Waals surface area (Å²) in [5, 5.41) is 7.77. The predicted octanol–water partition coefficient (Wildman–Crippen LogP) is 2.67. The Labute approximate surface area is 140 Å². The first kappa shape index (κ1) is 15.8. The van der Waals surface area contributed by atoms with Gasteiger partial charge in [-0.15, -0.1) is 0 Å². The Balaban J connectivity index is 1.59. The van der Waals surface area contributed by atoms with Crippen molar-refractivity contribution < 1.29 is 4.79 Å². The zero-order chi connectivity index (χ0) is 16.1. The van der Waals surface area contributed by atoms with Crippen molar-refractivity contribution in [3.8, 4) is 0 Å². The molecule has 2 aromatic rings. The summed E-state index contributed by atoms with van der Waals surface area (Å²) >= 11 is 6.25. The van der Waals surface area contributed by atoms with E-state index in [2.05, 4.69) is 15.4 Å². The molecule has 1 N–H and O–H groups in total. The number of hydrogen-bond donors (Lipinski definition) is 1. The zero-order valence-electron chi connectivity index (χ0n) is 12.9. The van der Waals surface area contributed by atoms with Gasteiger partial charge in [-0.2, -0.15) is 5.10 Å². The lowest BCUT2D eigenvalue weighted by molar-refractivity contribution is 0.0724. The maximum Gasteiger partial charge on any atom is 0.255 e. The Kier molecular flexibility index (Phi) is 5.12. The van der Waals surface area contributed by atoms with Crippen LogP contribution in [0.5, 0.6) is 0 Å². The maximum atomic E-state index is 12.4. The lowest BCUT2D eigenvalue weighted by Gasteiger charge is -2.26. The average molecular weight is 334 g/mol. The number of likely N-dealkylation sites (tertiary alicyclic amines) is 1. The second-order valence-electron chi connectivity index (χ2n) is 5.60. The van der Waals surface area contributed by atoms with E-state index in [9.17, 15) is 4.79 Å². The zero-order valence-corrected chi connectivity index (χ0v) is 13.7. The second kappa shape index (κ2) is 7.46. The van der Waals surface area contributed by atoms with Crippen molar-refractivity contribution in [3.05, 3.63) is 41.3 Å². The lowest BCUT2D eigenvalue weighted by Crippen LogP contribution is -2.35. The van der Waals surface area contributed by atoms with E-state index >= 15 is 0 Å². The van der Waals surface area contributed by atoms with Crippen LogP contribution in [-0.4, -0.2) is 45.2 Å². The van der Waals surface area contributed by atoms with Gasteiger partial charge in [0.15, 0.2) is 0 Å². The highest BCUT2D eigenvalue weighted by atomic mass is 35.5. The Morgan fingerprint density at radius 2 is 2.13 bits per heavy atom. The summed E-state index contributed by atoms with van der Waals surface area (Å²) in [5.74, 6) is 0.608. The van der Waals surface area contributed by atoms with Crippen LogP contribution in [0.15, 0.2) is 30.7 Å². The van der Waals surface area contributed by atoms with Gasteiger partial charge in [-0.25, -0.2) is 4.98 Å². The highest BCUT2D eigenvalue weighted by Crippen LogP contribution is 2.21. The molecule has 3 heterocycles. The SMILES string of the molecule is O=C(c1cnc(NCCn2cccn2)c(Cl)c1)N1CCCCC1. The average Bonchev–Trinajstić information content (AvgIpc) is 3.10. The van der Waals surface area contributed by atoms with E-state index in [1.54, 1.807) is 18.5 Å². The van der Waals surface area contributed by atoms with Gasteiger partial charge in [-0.1, -0.05) is 11.6 Å². The number of carbonyl (C=O) groups is 1. The molecule has 0 aliphatic carbocycles. The van der Waals surface area contributed by atoms with E-state index in [0.717, 1.165) is 32.5 Å². The second-order valence-corrected chi connectivity index (χ2v) is 6.01. The Hall–Kier alpha value is -2.08. The van der Waals surface area contributed by atoms with Crippen molar-refractivity contribution in [1.29, 1.82) is 0 Å². The monoisotopic (exact) mass is 333 g/mol. The molecule has 3 rings (SSSR count). The number of halogens is 1. The van der Waals surface area contributed by atoms with E-state index in [0.29, 0.717) is 22.9 Å². The standard InChI is InChI=1S/C16H20ClN5O/c17-14-11-13(16(23)21-7-2-1-3-8-21)12-19-15(14)18-6-10-22-9-4-5-20-22/h4-5,9,11-12H,1-3,6-8,10H2,(H,18,19). The first-order valence-corrected chi connectivity index (χ1v) is 8.28. The number of amides is 1. The summed E-state index contributed by atoms with van der Waals surface area (Å²) in [5.41, 5.74) is 0.550. The Morgan fingerprint density at radius 1 is 1.30 bits per heavy atom. The highest BCUT2D eigenvalue weighted by molar-refractivity contribution is 6.33. The third-order valence-electron chi connectivity index (χ3n) is 3.92. The van der Waals surface area contributed by atoms with Gasteiger partial charge in [0.2, 0.25) is 0 Å². The predicted molar refractivity (Wildman–Crippen MR) is 89.7 cm³/mol. The van der Waals surface area contributed by atoms with E-state index in [1.807, 2.05) is 21.8 Å². The van der Waals surface area contributed by atoms with Crippen LogP contribution in [-0.2, 0) is 6.54 Å². The van der Waals surface area contributed by atoms with Crippen molar-refractivity contribution in [2.45, 2.75) is 25.8 Å². The minimum Gasteiger partial charge on any atom is -0.367 e. The Bertz CT molecular complexity index is 652. The van der Waals surface area contributed by atoms with Gasteiger partial charge in [0, 0.05) is 38.2 Å². The number of pyridine rings is 1. The van der Waals surface area contributed by atoms with E-state index in [-0.39, 0.29) is 5.91 Å². The van der Waals surface area contributed by atoms with Gasteiger partial charge >= 0.3 is 0 Å². The van der Waals surface area contributed by atoms with Crippen molar-refractivity contribution in [2.75, 3.05) is 25.0 Å². The molecule has 0 saturated carbocycles. The van der Waals surface area contributed by atoms with Crippen molar-refractivity contribution in [3.63, 3.8) is 0 Å². The van der Waals surface area contributed by atoms with Crippen molar-refractivity contribution in [2.24, 2.45) is 0 Å². The molecule has 0 atom stereocenters. The Morgan fingerprint density at radius 3 is 2.83 bits per heavy atom. The number of anilines is 1. The number of nitrogens with zero attached hydrogens (tertiary/aromatic N) is 4. The van der Waals surface area contributed by atoms with Gasteiger partial charge in [0.05, 0.1) is 17.1 Å². The topological polar surface area (TPSA) is 63.1 Å². The van der Waals surface area contributed by atoms with Crippen molar-refractivity contribution in [1.82, 2.24) is 19.7 Å². The first-order valence-electron chi connectivity index (χ1n) is 7.90. The summed E-state index contributed by atoms with van der Waals surface area (Å²) in [4.78, 5) is 18.6. The van der Waals surface area contributed by atoms with Crippen LogP contribution in [0.3, 0.4) is 0 Å². The minimum atomic E-state index is 0.0159. The molecule has 7 heteroatoms. The molecule has 2 aromatic heterocycles. The molecule has 0 unspecified atom stereocenters. The van der Waals surface area contributed by atoms with E-state index in [1.165, 1.54) is 6.42 Å². The molecule has 6 nitrogen and oxygen atoms in total. The molecule has 0 spiro atoms. The molecule has 1 aliphatic heterocycles. The molecule has 1 fully saturated rings. The van der Waals surface area contributed by atoms with Crippen LogP contribution in [0, 0.1) is 0 Å². The molecule has 1 aliphatic rings. The number of piperidine rings is 1. The number of carbonyl (C=O) groups excluding carboxylic acids is 1. The summed E-state index contributed by atoms with van der Waals surface area (Å²) in [6, 6.07) is 3.58. The highest BCUT2D eigenvalue weighted by Gasteiger charge is 2.19. The maximum absolute atomic E-state index is 12.4. The smallest absolute Gasteiger partial charge is 0.255 e. The van der Waals surface area contributed by atoms with Gasteiger partial charge < -0.3 is 10.2 Å².